The molecule has 1 aromatic rings. The molecule has 0 unspecified atom stereocenters. The minimum atomic E-state index is -1.08. The van der Waals surface area contributed by atoms with Gasteiger partial charge in [0.15, 0.2) is 0 Å². The zero-order chi connectivity index (χ0) is 14.7. The predicted molar refractivity (Wildman–Crippen MR) is 74.0 cm³/mol. The SMILES string of the molecule is Cc1cccc(C=CC(=O)N2C[C@H](O)C[C@@H]2C(=O)O)c1. The van der Waals surface area contributed by atoms with Crippen LogP contribution in [0.2, 0.25) is 0 Å². The van der Waals surface area contributed by atoms with Crippen LogP contribution in [-0.4, -0.2) is 45.7 Å². The normalized spacial score (nSPS) is 22.4. The van der Waals surface area contributed by atoms with Crippen LogP contribution in [0.1, 0.15) is 17.5 Å². The molecule has 0 saturated carbocycles. The lowest BCUT2D eigenvalue weighted by Crippen LogP contribution is -2.39. The molecule has 1 fully saturated rings. The third kappa shape index (κ3) is 3.24. The number of aliphatic hydroxyl groups is 1. The summed E-state index contributed by atoms with van der Waals surface area (Å²) < 4.78 is 0. The molecule has 0 bridgehead atoms. The first-order chi connectivity index (χ1) is 9.47. The molecule has 2 rings (SSSR count). The van der Waals surface area contributed by atoms with Crippen LogP contribution in [0.25, 0.3) is 6.08 Å². The number of β-amino-alcohol motifs (C(OH)–C–C–N with tert-alkyl or cyclic N) is 1. The highest BCUT2D eigenvalue weighted by atomic mass is 16.4. The summed E-state index contributed by atoms with van der Waals surface area (Å²) >= 11 is 0. The molecule has 1 aliphatic rings. The van der Waals surface area contributed by atoms with Crippen LogP contribution >= 0.6 is 0 Å². The fourth-order valence-corrected chi connectivity index (χ4v) is 2.33. The number of aliphatic carboxylic acids is 1. The zero-order valence-electron chi connectivity index (χ0n) is 11.2. The van der Waals surface area contributed by atoms with E-state index in [1.165, 1.54) is 11.0 Å². The average molecular weight is 275 g/mol. The van der Waals surface area contributed by atoms with E-state index in [0.29, 0.717) is 0 Å². The van der Waals surface area contributed by atoms with E-state index in [0.717, 1.165) is 11.1 Å². The number of likely N-dealkylation sites (tertiary alicyclic amines) is 1. The van der Waals surface area contributed by atoms with Crippen LogP contribution in [-0.2, 0) is 9.59 Å². The van der Waals surface area contributed by atoms with Crippen LogP contribution in [0.5, 0.6) is 0 Å². The van der Waals surface area contributed by atoms with E-state index in [9.17, 15) is 14.7 Å². The van der Waals surface area contributed by atoms with Gasteiger partial charge in [-0.15, -0.1) is 0 Å². The summed E-state index contributed by atoms with van der Waals surface area (Å²) in [5.41, 5.74) is 1.96. The molecule has 0 aliphatic carbocycles. The molecular formula is C15H17NO4. The highest BCUT2D eigenvalue weighted by Gasteiger charge is 2.37. The molecule has 1 saturated heterocycles. The third-order valence-electron chi connectivity index (χ3n) is 3.31. The van der Waals surface area contributed by atoms with Crippen molar-refractivity contribution in [2.45, 2.75) is 25.5 Å². The number of benzene rings is 1. The number of aryl methyl sites for hydroxylation is 1. The van der Waals surface area contributed by atoms with Gasteiger partial charge in [-0.1, -0.05) is 29.8 Å². The van der Waals surface area contributed by atoms with Crippen molar-refractivity contribution in [1.29, 1.82) is 0 Å². The number of carboxylic acids is 1. The Kier molecular flexibility index (Phi) is 4.20. The Morgan fingerprint density at radius 1 is 1.40 bits per heavy atom. The van der Waals surface area contributed by atoms with Crippen LogP contribution in [0.15, 0.2) is 30.3 Å². The Balaban J connectivity index is 2.09. The number of carbonyl (C=O) groups excluding carboxylic acids is 1. The van der Waals surface area contributed by atoms with E-state index in [4.69, 9.17) is 5.11 Å². The van der Waals surface area contributed by atoms with Gasteiger partial charge < -0.3 is 15.1 Å². The van der Waals surface area contributed by atoms with E-state index < -0.39 is 24.0 Å². The maximum Gasteiger partial charge on any atom is 0.326 e. The second kappa shape index (κ2) is 5.88. The molecule has 1 amide bonds. The van der Waals surface area contributed by atoms with Gasteiger partial charge in [-0.25, -0.2) is 4.79 Å². The summed E-state index contributed by atoms with van der Waals surface area (Å²) in [7, 11) is 0. The minimum Gasteiger partial charge on any atom is -0.480 e. The van der Waals surface area contributed by atoms with E-state index in [-0.39, 0.29) is 13.0 Å². The van der Waals surface area contributed by atoms with Crippen molar-refractivity contribution in [2.24, 2.45) is 0 Å². The number of hydrogen-bond donors (Lipinski definition) is 2. The fraction of sp³-hybridized carbons (Fsp3) is 0.333. The second-order valence-corrected chi connectivity index (χ2v) is 4.98. The number of hydrogen-bond acceptors (Lipinski definition) is 3. The lowest BCUT2D eigenvalue weighted by atomic mass is 10.1. The molecule has 2 N–H and O–H groups in total. The van der Waals surface area contributed by atoms with Crippen molar-refractivity contribution in [2.75, 3.05) is 6.54 Å². The smallest absolute Gasteiger partial charge is 0.326 e. The van der Waals surface area contributed by atoms with Crippen molar-refractivity contribution < 1.29 is 19.8 Å². The van der Waals surface area contributed by atoms with Crippen LogP contribution in [0.3, 0.4) is 0 Å². The molecule has 1 aromatic carbocycles. The van der Waals surface area contributed by atoms with Gasteiger partial charge >= 0.3 is 5.97 Å². The Hall–Kier alpha value is -2.14. The summed E-state index contributed by atoms with van der Waals surface area (Å²) in [6.07, 6.45) is 2.31. The van der Waals surface area contributed by atoms with Crippen molar-refractivity contribution in [3.05, 3.63) is 41.5 Å². The Labute approximate surface area is 117 Å². The summed E-state index contributed by atoms with van der Waals surface area (Å²) in [5, 5.41) is 18.6. The molecule has 5 heteroatoms. The molecular weight excluding hydrogens is 258 g/mol. The molecule has 2 atom stereocenters. The second-order valence-electron chi connectivity index (χ2n) is 4.98. The highest BCUT2D eigenvalue weighted by molar-refractivity contribution is 5.94. The quantitative estimate of drug-likeness (QED) is 0.808. The summed E-state index contributed by atoms with van der Waals surface area (Å²) in [4.78, 5) is 24.3. The van der Waals surface area contributed by atoms with Gasteiger partial charge in [0.1, 0.15) is 6.04 Å². The van der Waals surface area contributed by atoms with Gasteiger partial charge in [-0.2, -0.15) is 0 Å². The van der Waals surface area contributed by atoms with E-state index in [1.807, 2.05) is 31.2 Å². The molecule has 1 aliphatic heterocycles. The first kappa shape index (κ1) is 14.3. The Morgan fingerprint density at radius 2 is 2.15 bits per heavy atom. The lowest BCUT2D eigenvalue weighted by Gasteiger charge is -2.19. The zero-order valence-corrected chi connectivity index (χ0v) is 11.2. The number of aliphatic hydroxyl groups excluding tert-OH is 1. The van der Waals surface area contributed by atoms with Gasteiger partial charge in [-0.05, 0) is 18.6 Å². The highest BCUT2D eigenvalue weighted by Crippen LogP contribution is 2.19. The maximum atomic E-state index is 12.0. The number of carbonyl (C=O) groups is 2. The fourth-order valence-electron chi connectivity index (χ4n) is 2.33. The number of amides is 1. The van der Waals surface area contributed by atoms with Gasteiger partial charge in [-0.3, -0.25) is 4.79 Å². The first-order valence-electron chi connectivity index (χ1n) is 6.43. The molecule has 0 radical (unpaired) electrons. The van der Waals surface area contributed by atoms with Crippen molar-refractivity contribution in [1.82, 2.24) is 4.90 Å². The maximum absolute atomic E-state index is 12.0. The van der Waals surface area contributed by atoms with Gasteiger partial charge in [0.05, 0.1) is 6.10 Å². The number of carboxylic acid groups (broad SMARTS) is 1. The van der Waals surface area contributed by atoms with Crippen LogP contribution in [0, 0.1) is 6.92 Å². The predicted octanol–water partition coefficient (Wildman–Crippen LogP) is 1.05. The largest absolute Gasteiger partial charge is 0.480 e. The van der Waals surface area contributed by atoms with E-state index >= 15 is 0 Å². The van der Waals surface area contributed by atoms with E-state index in [2.05, 4.69) is 0 Å². The van der Waals surface area contributed by atoms with Gasteiger partial charge in [0.2, 0.25) is 5.91 Å². The van der Waals surface area contributed by atoms with Crippen molar-refractivity contribution >= 4 is 18.0 Å². The first-order valence-corrected chi connectivity index (χ1v) is 6.43. The van der Waals surface area contributed by atoms with Gasteiger partial charge in [0, 0.05) is 19.0 Å². The molecule has 0 spiro atoms. The Morgan fingerprint density at radius 3 is 2.80 bits per heavy atom. The van der Waals surface area contributed by atoms with Crippen LogP contribution in [0.4, 0.5) is 0 Å². The third-order valence-corrected chi connectivity index (χ3v) is 3.31. The van der Waals surface area contributed by atoms with Crippen LogP contribution < -0.4 is 0 Å². The van der Waals surface area contributed by atoms with E-state index in [1.54, 1.807) is 6.08 Å². The Bertz CT molecular complexity index is 553. The average Bonchev–Trinajstić information content (AvgIpc) is 2.78. The monoisotopic (exact) mass is 275 g/mol. The minimum absolute atomic E-state index is 0.0634. The van der Waals surface area contributed by atoms with Crippen molar-refractivity contribution in [3.63, 3.8) is 0 Å². The molecule has 20 heavy (non-hydrogen) atoms. The number of rotatable bonds is 3. The molecule has 5 nitrogen and oxygen atoms in total. The number of nitrogens with zero attached hydrogens (tertiary/aromatic N) is 1. The molecule has 1 heterocycles. The topological polar surface area (TPSA) is 77.8 Å². The standard InChI is InChI=1S/C15H17NO4/c1-10-3-2-4-11(7-10)5-6-14(18)16-9-12(17)8-13(16)15(19)20/h2-7,12-13,17H,8-9H2,1H3,(H,19,20)/t12-,13-/m1/s1. The van der Waals surface area contributed by atoms with Crippen molar-refractivity contribution in [3.8, 4) is 0 Å². The lowest BCUT2D eigenvalue weighted by molar-refractivity contribution is -0.146. The van der Waals surface area contributed by atoms with Gasteiger partial charge in [0.25, 0.3) is 0 Å². The molecule has 0 aromatic heterocycles. The summed E-state index contributed by atoms with van der Waals surface area (Å²) in [5.74, 6) is -1.48. The summed E-state index contributed by atoms with van der Waals surface area (Å²) in [6.45, 7) is 2.02. The molecule has 106 valence electrons. The summed E-state index contributed by atoms with van der Waals surface area (Å²) in [6, 6.07) is 6.69.